The molecule has 0 bridgehead atoms. The minimum absolute atomic E-state index is 0.184. The number of hydrogen-bond acceptors (Lipinski definition) is 4. The van der Waals surface area contributed by atoms with E-state index in [2.05, 4.69) is 45.3 Å². The lowest BCUT2D eigenvalue weighted by Crippen LogP contribution is -2.39. The lowest BCUT2D eigenvalue weighted by atomic mass is 10.0. The number of carbonyl (C=O) groups excluding carboxylic acids is 1. The van der Waals surface area contributed by atoms with Crippen molar-refractivity contribution in [1.82, 2.24) is 9.80 Å². The van der Waals surface area contributed by atoms with Gasteiger partial charge in [-0.1, -0.05) is 30.3 Å². The minimum Gasteiger partial charge on any atom is -0.341 e. The molecule has 1 amide bonds. The molecule has 0 radical (unpaired) electrons. The molecule has 3 rings (SSSR count). The van der Waals surface area contributed by atoms with Crippen LogP contribution in [0.5, 0.6) is 0 Å². The van der Waals surface area contributed by atoms with Gasteiger partial charge in [-0.2, -0.15) is 10.2 Å². The van der Waals surface area contributed by atoms with E-state index in [9.17, 15) is 4.79 Å². The van der Waals surface area contributed by atoms with Crippen LogP contribution in [0, 0.1) is 12.3 Å². The largest absolute Gasteiger partial charge is 0.341 e. The monoisotopic (exact) mass is 338 g/mol. The molecular formula is C20H26N4O. The summed E-state index contributed by atoms with van der Waals surface area (Å²) in [6, 6.07) is 10.8. The van der Waals surface area contributed by atoms with Crippen molar-refractivity contribution in [2.45, 2.75) is 50.4 Å². The SMILES string of the molecule is C#CCCC1(CCC(=O)N(C)[C@H]2CCN(Cc3ccccc3)C2)N=N1. The van der Waals surface area contributed by atoms with Gasteiger partial charge in [0, 0.05) is 58.4 Å². The molecule has 0 aliphatic carbocycles. The number of likely N-dealkylation sites (tertiary alicyclic amines) is 1. The number of amides is 1. The first kappa shape index (κ1) is 17.6. The van der Waals surface area contributed by atoms with Gasteiger partial charge in [0.1, 0.15) is 0 Å². The van der Waals surface area contributed by atoms with Gasteiger partial charge in [-0.3, -0.25) is 9.69 Å². The highest BCUT2D eigenvalue weighted by Gasteiger charge is 2.40. The molecule has 2 aliphatic heterocycles. The lowest BCUT2D eigenvalue weighted by molar-refractivity contribution is -0.132. The number of benzene rings is 1. The Morgan fingerprint density at radius 2 is 2.12 bits per heavy atom. The fourth-order valence-corrected chi connectivity index (χ4v) is 3.47. The fraction of sp³-hybridized carbons (Fsp3) is 0.550. The summed E-state index contributed by atoms with van der Waals surface area (Å²) in [6.07, 6.45) is 8.93. The number of carbonyl (C=O) groups is 1. The minimum atomic E-state index is -0.363. The first-order valence-corrected chi connectivity index (χ1v) is 9.01. The molecule has 132 valence electrons. The van der Waals surface area contributed by atoms with Crippen molar-refractivity contribution in [2.24, 2.45) is 10.2 Å². The molecule has 1 saturated heterocycles. The molecule has 0 unspecified atom stereocenters. The molecule has 5 heteroatoms. The molecule has 2 aliphatic rings. The van der Waals surface area contributed by atoms with Crippen molar-refractivity contribution < 1.29 is 4.79 Å². The first-order chi connectivity index (χ1) is 12.1. The fourth-order valence-electron chi connectivity index (χ4n) is 3.47. The van der Waals surface area contributed by atoms with Crippen LogP contribution in [0.4, 0.5) is 0 Å². The van der Waals surface area contributed by atoms with Crippen LogP contribution >= 0.6 is 0 Å². The standard InChI is InChI=1S/C20H26N4O/c1-3-4-12-20(21-22-20)13-10-19(25)23(2)18-11-14-24(16-18)15-17-8-6-5-7-9-17/h1,5-9,18H,4,10-16H2,2H3/t18-/m0/s1. The van der Waals surface area contributed by atoms with Crippen molar-refractivity contribution in [3.8, 4) is 12.3 Å². The Balaban J connectivity index is 1.43. The molecule has 5 nitrogen and oxygen atoms in total. The van der Waals surface area contributed by atoms with Gasteiger partial charge in [-0.15, -0.1) is 12.3 Å². The zero-order valence-electron chi connectivity index (χ0n) is 14.9. The Bertz CT molecular complexity index is 658. The van der Waals surface area contributed by atoms with Gasteiger partial charge < -0.3 is 4.90 Å². The number of nitrogens with zero attached hydrogens (tertiary/aromatic N) is 4. The summed E-state index contributed by atoms with van der Waals surface area (Å²) < 4.78 is 0. The van der Waals surface area contributed by atoms with Crippen LogP contribution in [-0.4, -0.2) is 47.5 Å². The van der Waals surface area contributed by atoms with Gasteiger partial charge in [0.25, 0.3) is 0 Å². The maximum Gasteiger partial charge on any atom is 0.222 e. The zero-order chi connectivity index (χ0) is 17.7. The Labute approximate surface area is 150 Å². The van der Waals surface area contributed by atoms with E-state index in [0.29, 0.717) is 25.3 Å². The summed E-state index contributed by atoms with van der Waals surface area (Å²) in [7, 11) is 1.92. The Kier molecular flexibility index (Phi) is 5.50. The Morgan fingerprint density at radius 3 is 2.80 bits per heavy atom. The third-order valence-electron chi connectivity index (χ3n) is 5.23. The highest BCUT2D eigenvalue weighted by molar-refractivity contribution is 5.76. The van der Waals surface area contributed by atoms with Crippen molar-refractivity contribution in [3.63, 3.8) is 0 Å². The molecule has 0 N–H and O–H groups in total. The average Bonchev–Trinajstić information content (AvgIpc) is 3.27. The molecule has 1 fully saturated rings. The molecule has 25 heavy (non-hydrogen) atoms. The quantitative estimate of drug-likeness (QED) is 0.684. The van der Waals surface area contributed by atoms with Crippen molar-refractivity contribution in [2.75, 3.05) is 20.1 Å². The van der Waals surface area contributed by atoms with Gasteiger partial charge in [-0.05, 0) is 12.0 Å². The number of rotatable bonds is 8. The molecule has 1 aromatic carbocycles. The van der Waals surface area contributed by atoms with Gasteiger partial charge in [-0.25, -0.2) is 0 Å². The van der Waals surface area contributed by atoms with Crippen molar-refractivity contribution in [3.05, 3.63) is 35.9 Å². The molecule has 0 saturated carbocycles. The molecule has 0 aromatic heterocycles. The number of likely N-dealkylation sites (N-methyl/N-ethyl adjacent to an activating group) is 1. The summed E-state index contributed by atoms with van der Waals surface area (Å²) in [5, 5.41) is 8.22. The van der Waals surface area contributed by atoms with Crippen LogP contribution in [0.1, 0.15) is 37.7 Å². The second-order valence-corrected chi connectivity index (χ2v) is 7.05. The summed E-state index contributed by atoms with van der Waals surface area (Å²) in [6.45, 7) is 2.93. The maximum atomic E-state index is 12.5. The maximum absolute atomic E-state index is 12.5. The predicted octanol–water partition coefficient (Wildman–Crippen LogP) is 3.08. The lowest BCUT2D eigenvalue weighted by Gasteiger charge is -2.25. The summed E-state index contributed by atoms with van der Waals surface area (Å²) >= 11 is 0. The van der Waals surface area contributed by atoms with Crippen LogP contribution < -0.4 is 0 Å². The zero-order valence-corrected chi connectivity index (χ0v) is 14.9. The average molecular weight is 338 g/mol. The molecule has 0 spiro atoms. The van der Waals surface area contributed by atoms with Crippen molar-refractivity contribution in [1.29, 1.82) is 0 Å². The van der Waals surface area contributed by atoms with Crippen molar-refractivity contribution >= 4 is 5.91 Å². The molecule has 1 atom stereocenters. The van der Waals surface area contributed by atoms with Gasteiger partial charge in [0.15, 0.2) is 5.66 Å². The summed E-state index contributed by atoms with van der Waals surface area (Å²) in [5.74, 6) is 2.81. The highest BCUT2D eigenvalue weighted by Crippen LogP contribution is 2.37. The van der Waals surface area contributed by atoms with Gasteiger partial charge >= 0.3 is 0 Å². The van der Waals surface area contributed by atoms with E-state index in [-0.39, 0.29) is 11.6 Å². The topological polar surface area (TPSA) is 48.3 Å². The normalized spacial score (nSPS) is 21.0. The third-order valence-corrected chi connectivity index (χ3v) is 5.23. The van der Waals surface area contributed by atoms with E-state index in [0.717, 1.165) is 32.5 Å². The van der Waals surface area contributed by atoms with E-state index in [1.165, 1.54) is 5.56 Å². The molecule has 2 heterocycles. The number of hydrogen-bond donors (Lipinski definition) is 0. The van der Waals surface area contributed by atoms with Crippen LogP contribution in [0.15, 0.2) is 40.6 Å². The van der Waals surface area contributed by atoms with E-state index in [4.69, 9.17) is 6.42 Å². The van der Waals surface area contributed by atoms with Gasteiger partial charge in [0.05, 0.1) is 0 Å². The summed E-state index contributed by atoms with van der Waals surface area (Å²) in [5.41, 5.74) is 0.960. The second-order valence-electron chi connectivity index (χ2n) is 7.05. The predicted molar refractivity (Wildman–Crippen MR) is 97.8 cm³/mol. The molecule has 1 aromatic rings. The van der Waals surface area contributed by atoms with E-state index < -0.39 is 0 Å². The van der Waals surface area contributed by atoms with Crippen LogP contribution in [-0.2, 0) is 11.3 Å². The highest BCUT2D eigenvalue weighted by atomic mass is 16.2. The van der Waals surface area contributed by atoms with Crippen LogP contribution in [0.2, 0.25) is 0 Å². The van der Waals surface area contributed by atoms with Crippen LogP contribution in [0.25, 0.3) is 0 Å². The van der Waals surface area contributed by atoms with E-state index >= 15 is 0 Å². The van der Waals surface area contributed by atoms with E-state index in [1.807, 2.05) is 18.0 Å². The Hall–Kier alpha value is -2.19. The smallest absolute Gasteiger partial charge is 0.222 e. The first-order valence-electron chi connectivity index (χ1n) is 9.01. The van der Waals surface area contributed by atoms with E-state index in [1.54, 1.807) is 0 Å². The number of terminal acetylenes is 1. The van der Waals surface area contributed by atoms with Gasteiger partial charge in [0.2, 0.25) is 5.91 Å². The molecular weight excluding hydrogens is 312 g/mol. The second kappa shape index (κ2) is 7.79. The Morgan fingerprint density at radius 1 is 1.36 bits per heavy atom. The summed E-state index contributed by atoms with van der Waals surface area (Å²) in [4.78, 5) is 16.9. The third kappa shape index (κ3) is 4.67. The van der Waals surface area contributed by atoms with Crippen LogP contribution in [0.3, 0.4) is 0 Å².